The second-order valence-corrected chi connectivity index (χ2v) is 7.16. The Morgan fingerprint density at radius 2 is 2.00 bits per heavy atom. The van der Waals surface area contributed by atoms with Crippen molar-refractivity contribution >= 4 is 21.7 Å². The SMILES string of the molecule is CC(C)C(=O)NCC(=O)N(C)C1CCS(=O)(=O)C1. The van der Waals surface area contributed by atoms with E-state index in [0.29, 0.717) is 6.42 Å². The molecule has 0 saturated carbocycles. The molecule has 2 amide bonds. The van der Waals surface area contributed by atoms with Crippen LogP contribution in [-0.4, -0.2) is 56.3 Å². The van der Waals surface area contributed by atoms with Crippen LogP contribution in [0.5, 0.6) is 0 Å². The van der Waals surface area contributed by atoms with Gasteiger partial charge >= 0.3 is 0 Å². The van der Waals surface area contributed by atoms with Crippen LogP contribution in [0.4, 0.5) is 0 Å². The Bertz CT molecular complexity index is 430. The van der Waals surface area contributed by atoms with Gasteiger partial charge < -0.3 is 10.2 Å². The fraction of sp³-hybridized carbons (Fsp3) is 0.818. The van der Waals surface area contributed by atoms with Crippen LogP contribution in [0.3, 0.4) is 0 Å². The largest absolute Gasteiger partial charge is 0.347 e. The molecule has 1 heterocycles. The first-order valence-electron chi connectivity index (χ1n) is 5.96. The lowest BCUT2D eigenvalue weighted by atomic mass is 10.2. The number of amides is 2. The normalized spacial score (nSPS) is 21.9. The molecule has 104 valence electrons. The number of hydrogen-bond donors (Lipinski definition) is 1. The average Bonchev–Trinajstić information content (AvgIpc) is 2.64. The fourth-order valence-electron chi connectivity index (χ4n) is 1.78. The van der Waals surface area contributed by atoms with Gasteiger partial charge in [-0.05, 0) is 6.42 Å². The molecule has 1 unspecified atom stereocenters. The molecule has 0 spiro atoms. The molecule has 0 aromatic rings. The van der Waals surface area contributed by atoms with Gasteiger partial charge in [0.25, 0.3) is 0 Å². The second-order valence-electron chi connectivity index (χ2n) is 4.93. The van der Waals surface area contributed by atoms with E-state index in [1.807, 2.05) is 0 Å². The fourth-order valence-corrected chi connectivity index (χ4v) is 3.55. The molecule has 0 bridgehead atoms. The van der Waals surface area contributed by atoms with Crippen LogP contribution in [-0.2, 0) is 19.4 Å². The van der Waals surface area contributed by atoms with Gasteiger partial charge in [0, 0.05) is 19.0 Å². The highest BCUT2D eigenvalue weighted by molar-refractivity contribution is 7.91. The first-order chi connectivity index (χ1) is 8.23. The smallest absolute Gasteiger partial charge is 0.241 e. The van der Waals surface area contributed by atoms with Crippen molar-refractivity contribution in [2.75, 3.05) is 25.1 Å². The predicted octanol–water partition coefficient (Wildman–Crippen LogP) is -0.596. The Morgan fingerprint density at radius 3 is 2.44 bits per heavy atom. The van der Waals surface area contributed by atoms with Gasteiger partial charge in [0.15, 0.2) is 9.84 Å². The summed E-state index contributed by atoms with van der Waals surface area (Å²) in [5.74, 6) is -0.460. The minimum absolute atomic E-state index is 0.0212. The van der Waals surface area contributed by atoms with E-state index in [4.69, 9.17) is 0 Å². The zero-order valence-corrected chi connectivity index (χ0v) is 11.8. The number of carbonyl (C=O) groups excluding carboxylic acids is 2. The van der Waals surface area contributed by atoms with Gasteiger partial charge in [0.1, 0.15) is 0 Å². The predicted molar refractivity (Wildman–Crippen MR) is 67.7 cm³/mol. The average molecular weight is 276 g/mol. The highest BCUT2D eigenvalue weighted by Crippen LogP contribution is 2.16. The Balaban J connectivity index is 2.45. The van der Waals surface area contributed by atoms with Crippen LogP contribution in [0, 0.1) is 5.92 Å². The van der Waals surface area contributed by atoms with E-state index >= 15 is 0 Å². The van der Waals surface area contributed by atoms with Crippen molar-refractivity contribution in [1.82, 2.24) is 10.2 Å². The van der Waals surface area contributed by atoms with E-state index in [0.717, 1.165) is 0 Å². The number of sulfone groups is 1. The van der Waals surface area contributed by atoms with Crippen LogP contribution in [0.25, 0.3) is 0 Å². The van der Waals surface area contributed by atoms with Gasteiger partial charge in [-0.3, -0.25) is 9.59 Å². The number of likely N-dealkylation sites (N-methyl/N-ethyl adjacent to an activating group) is 1. The molecule has 0 aromatic heterocycles. The third-order valence-corrected chi connectivity index (χ3v) is 4.84. The van der Waals surface area contributed by atoms with Crippen molar-refractivity contribution in [3.63, 3.8) is 0 Å². The lowest BCUT2D eigenvalue weighted by Crippen LogP contribution is -2.44. The summed E-state index contributed by atoms with van der Waals surface area (Å²) >= 11 is 0. The maximum absolute atomic E-state index is 11.8. The summed E-state index contributed by atoms with van der Waals surface area (Å²) < 4.78 is 22.6. The van der Waals surface area contributed by atoms with Crippen molar-refractivity contribution in [3.05, 3.63) is 0 Å². The van der Waals surface area contributed by atoms with Crippen molar-refractivity contribution < 1.29 is 18.0 Å². The molecule has 1 saturated heterocycles. The monoisotopic (exact) mass is 276 g/mol. The first kappa shape index (κ1) is 14.9. The molecule has 0 aromatic carbocycles. The molecule has 0 aliphatic carbocycles. The quantitative estimate of drug-likeness (QED) is 0.743. The molecule has 1 N–H and O–H groups in total. The lowest BCUT2D eigenvalue weighted by molar-refractivity contribution is -0.133. The third-order valence-electron chi connectivity index (χ3n) is 3.09. The van der Waals surface area contributed by atoms with E-state index < -0.39 is 9.84 Å². The number of nitrogens with one attached hydrogen (secondary N) is 1. The van der Waals surface area contributed by atoms with Gasteiger partial charge in [-0.25, -0.2) is 8.42 Å². The molecule has 6 nitrogen and oxygen atoms in total. The summed E-state index contributed by atoms with van der Waals surface area (Å²) in [5, 5.41) is 2.53. The molecule has 1 fully saturated rings. The molecule has 1 aliphatic rings. The summed E-state index contributed by atoms with van der Waals surface area (Å²) in [6, 6.07) is -0.265. The first-order valence-corrected chi connectivity index (χ1v) is 7.79. The van der Waals surface area contributed by atoms with E-state index in [1.54, 1.807) is 20.9 Å². The minimum atomic E-state index is -3.00. The second kappa shape index (κ2) is 5.69. The number of hydrogen-bond acceptors (Lipinski definition) is 4. The molecule has 1 atom stereocenters. The van der Waals surface area contributed by atoms with Crippen LogP contribution < -0.4 is 5.32 Å². The molecule has 7 heteroatoms. The van der Waals surface area contributed by atoms with E-state index in [1.165, 1.54) is 4.90 Å². The Morgan fingerprint density at radius 1 is 1.39 bits per heavy atom. The van der Waals surface area contributed by atoms with Gasteiger partial charge in [0.05, 0.1) is 18.1 Å². The van der Waals surface area contributed by atoms with Crippen LogP contribution in [0.1, 0.15) is 20.3 Å². The van der Waals surface area contributed by atoms with Crippen molar-refractivity contribution in [2.45, 2.75) is 26.3 Å². The summed E-state index contributed by atoms with van der Waals surface area (Å²) in [5.41, 5.74) is 0. The van der Waals surface area contributed by atoms with Crippen LogP contribution in [0.15, 0.2) is 0 Å². The van der Waals surface area contributed by atoms with Crippen molar-refractivity contribution in [2.24, 2.45) is 5.92 Å². The standard InChI is InChI=1S/C11H20N2O4S/c1-8(2)11(15)12-6-10(14)13(3)9-4-5-18(16,17)7-9/h8-9H,4-7H2,1-3H3,(H,12,15). The number of rotatable bonds is 4. The summed E-state index contributed by atoms with van der Waals surface area (Å²) in [6.45, 7) is 3.41. The van der Waals surface area contributed by atoms with Gasteiger partial charge in [-0.1, -0.05) is 13.8 Å². The van der Waals surface area contributed by atoms with Crippen LogP contribution in [0.2, 0.25) is 0 Å². The van der Waals surface area contributed by atoms with Gasteiger partial charge in [-0.2, -0.15) is 0 Å². The van der Waals surface area contributed by atoms with E-state index in [2.05, 4.69) is 5.32 Å². The molecule has 0 radical (unpaired) electrons. The molecule has 1 aliphatic heterocycles. The van der Waals surface area contributed by atoms with Crippen molar-refractivity contribution in [1.29, 1.82) is 0 Å². The zero-order chi connectivity index (χ0) is 13.9. The lowest BCUT2D eigenvalue weighted by Gasteiger charge is -2.23. The maximum atomic E-state index is 11.8. The molecular weight excluding hydrogens is 256 g/mol. The highest BCUT2D eigenvalue weighted by Gasteiger charge is 2.32. The third kappa shape index (κ3) is 3.97. The number of nitrogens with zero attached hydrogens (tertiary/aromatic N) is 1. The number of carbonyl (C=O) groups is 2. The van der Waals surface area contributed by atoms with Crippen molar-refractivity contribution in [3.8, 4) is 0 Å². The van der Waals surface area contributed by atoms with E-state index in [-0.39, 0.29) is 41.8 Å². The van der Waals surface area contributed by atoms with Gasteiger partial charge in [0.2, 0.25) is 11.8 Å². The maximum Gasteiger partial charge on any atom is 0.241 e. The molecule has 18 heavy (non-hydrogen) atoms. The Hall–Kier alpha value is -1.11. The molecular formula is C11H20N2O4S. The summed E-state index contributed by atoms with van der Waals surface area (Å²) in [7, 11) is -1.42. The summed E-state index contributed by atoms with van der Waals surface area (Å²) in [4.78, 5) is 24.5. The topological polar surface area (TPSA) is 83.6 Å². The Kier molecular flexibility index (Phi) is 4.72. The van der Waals surface area contributed by atoms with E-state index in [9.17, 15) is 18.0 Å². The van der Waals surface area contributed by atoms with Crippen LogP contribution >= 0.6 is 0 Å². The highest BCUT2D eigenvalue weighted by atomic mass is 32.2. The van der Waals surface area contributed by atoms with Gasteiger partial charge in [-0.15, -0.1) is 0 Å². The zero-order valence-electron chi connectivity index (χ0n) is 11.0. The summed E-state index contributed by atoms with van der Waals surface area (Å²) in [6.07, 6.45) is 0.475. The Labute approximate surface area is 108 Å². The minimum Gasteiger partial charge on any atom is -0.347 e. The molecule has 1 rings (SSSR count).